The van der Waals surface area contributed by atoms with Gasteiger partial charge in [-0.1, -0.05) is 26.0 Å². The van der Waals surface area contributed by atoms with Crippen LogP contribution in [0.15, 0.2) is 24.3 Å². The molecule has 1 aromatic heterocycles. The van der Waals surface area contributed by atoms with E-state index in [0.717, 1.165) is 24.3 Å². The number of hydrogen-bond donors (Lipinski definition) is 1. The molecule has 0 radical (unpaired) electrons. The van der Waals surface area contributed by atoms with Gasteiger partial charge < -0.3 is 10.3 Å². The predicted molar refractivity (Wildman–Crippen MR) is 76.4 cm³/mol. The van der Waals surface area contributed by atoms with Gasteiger partial charge in [0.05, 0.1) is 11.0 Å². The minimum absolute atomic E-state index is 0.528. The van der Waals surface area contributed by atoms with Crippen LogP contribution in [0.1, 0.15) is 26.1 Å². The van der Waals surface area contributed by atoms with E-state index in [9.17, 15) is 0 Å². The lowest BCUT2D eigenvalue weighted by atomic mass is 9.94. The fourth-order valence-electron chi connectivity index (χ4n) is 2.57. The molecular weight excluding hydrogens is 222 g/mol. The van der Waals surface area contributed by atoms with Crippen LogP contribution >= 0.6 is 0 Å². The topological polar surface area (TPSA) is 43.8 Å². The highest BCUT2D eigenvalue weighted by atomic mass is 15.1. The van der Waals surface area contributed by atoms with Crippen LogP contribution in [0.2, 0.25) is 0 Å². The molecule has 0 aliphatic heterocycles. The third kappa shape index (κ3) is 2.72. The fraction of sp³-hybridized carbons (Fsp3) is 0.533. The zero-order chi connectivity index (χ0) is 13.1. The minimum atomic E-state index is 0.528. The number of para-hydroxylation sites is 2. The Kier molecular flexibility index (Phi) is 4.02. The van der Waals surface area contributed by atoms with Crippen molar-refractivity contribution in [2.75, 3.05) is 6.54 Å². The van der Waals surface area contributed by atoms with Crippen molar-refractivity contribution in [1.29, 1.82) is 0 Å². The summed E-state index contributed by atoms with van der Waals surface area (Å²) < 4.78 is 2.19. The summed E-state index contributed by atoms with van der Waals surface area (Å²) in [5.41, 5.74) is 8.16. The number of imidazole rings is 1. The van der Waals surface area contributed by atoms with Crippen LogP contribution < -0.4 is 5.73 Å². The Balaban J connectivity index is 2.22. The van der Waals surface area contributed by atoms with Gasteiger partial charge in [0.1, 0.15) is 5.82 Å². The number of nitrogens with zero attached hydrogens (tertiary/aromatic N) is 2. The molecule has 1 heterocycles. The standard InChI is InChI=1S/C15H23N3/c1-11(2)8-12(10-16)9-15-17-13-6-4-5-7-14(13)18(15)3/h4-7,11-12H,8-10,16H2,1-3H3. The van der Waals surface area contributed by atoms with Crippen LogP contribution in [0, 0.1) is 11.8 Å². The van der Waals surface area contributed by atoms with E-state index < -0.39 is 0 Å². The Bertz CT molecular complexity index is 513. The molecule has 0 saturated carbocycles. The highest BCUT2D eigenvalue weighted by Crippen LogP contribution is 2.19. The highest BCUT2D eigenvalue weighted by Gasteiger charge is 2.14. The average molecular weight is 245 g/mol. The van der Waals surface area contributed by atoms with Gasteiger partial charge in [0, 0.05) is 13.5 Å². The molecule has 0 fully saturated rings. The van der Waals surface area contributed by atoms with Crippen LogP contribution in [0.4, 0.5) is 0 Å². The first-order valence-electron chi connectivity index (χ1n) is 6.72. The molecule has 0 spiro atoms. The summed E-state index contributed by atoms with van der Waals surface area (Å²) in [6.45, 7) is 5.23. The molecule has 1 atom stereocenters. The van der Waals surface area contributed by atoms with Crippen molar-refractivity contribution < 1.29 is 0 Å². The van der Waals surface area contributed by atoms with Gasteiger partial charge in [0.2, 0.25) is 0 Å². The Hall–Kier alpha value is -1.35. The third-order valence-corrected chi connectivity index (χ3v) is 3.49. The lowest BCUT2D eigenvalue weighted by Crippen LogP contribution is -2.20. The van der Waals surface area contributed by atoms with Crippen molar-refractivity contribution in [1.82, 2.24) is 9.55 Å². The van der Waals surface area contributed by atoms with E-state index in [1.54, 1.807) is 0 Å². The summed E-state index contributed by atoms with van der Waals surface area (Å²) in [4.78, 5) is 4.71. The van der Waals surface area contributed by atoms with Crippen LogP contribution in [-0.4, -0.2) is 16.1 Å². The second kappa shape index (κ2) is 5.53. The van der Waals surface area contributed by atoms with E-state index in [1.807, 2.05) is 6.07 Å². The summed E-state index contributed by atoms with van der Waals surface area (Å²) in [6.07, 6.45) is 2.14. The molecule has 2 aromatic rings. The average Bonchev–Trinajstić information content (AvgIpc) is 2.66. The van der Waals surface area contributed by atoms with Crippen LogP contribution in [0.5, 0.6) is 0 Å². The monoisotopic (exact) mass is 245 g/mol. The molecule has 98 valence electrons. The molecule has 1 aromatic carbocycles. The molecule has 1 unspecified atom stereocenters. The fourth-order valence-corrected chi connectivity index (χ4v) is 2.57. The first-order chi connectivity index (χ1) is 8.61. The Labute approximate surface area is 109 Å². The lowest BCUT2D eigenvalue weighted by molar-refractivity contribution is 0.406. The molecule has 0 aliphatic carbocycles. The van der Waals surface area contributed by atoms with Crippen LogP contribution in [0.3, 0.4) is 0 Å². The van der Waals surface area contributed by atoms with Crippen molar-refractivity contribution >= 4 is 11.0 Å². The maximum absolute atomic E-state index is 5.88. The second-order valence-corrected chi connectivity index (χ2v) is 5.51. The SMILES string of the molecule is CC(C)CC(CN)Cc1nc2ccccc2n1C. The number of aromatic nitrogens is 2. The number of nitrogens with two attached hydrogens (primary N) is 1. The Morgan fingerprint density at radius 3 is 2.61 bits per heavy atom. The van der Waals surface area contributed by atoms with Gasteiger partial charge >= 0.3 is 0 Å². The van der Waals surface area contributed by atoms with E-state index in [4.69, 9.17) is 10.7 Å². The van der Waals surface area contributed by atoms with E-state index in [1.165, 1.54) is 11.9 Å². The first-order valence-corrected chi connectivity index (χ1v) is 6.72. The predicted octanol–water partition coefficient (Wildman–Crippen LogP) is 2.74. The highest BCUT2D eigenvalue weighted by molar-refractivity contribution is 5.75. The summed E-state index contributed by atoms with van der Waals surface area (Å²) in [5, 5.41) is 0. The van der Waals surface area contributed by atoms with Crippen molar-refractivity contribution in [2.45, 2.75) is 26.7 Å². The van der Waals surface area contributed by atoms with E-state index in [-0.39, 0.29) is 0 Å². The lowest BCUT2D eigenvalue weighted by Gasteiger charge is -2.16. The second-order valence-electron chi connectivity index (χ2n) is 5.51. The molecular formula is C15H23N3. The third-order valence-electron chi connectivity index (χ3n) is 3.49. The molecule has 18 heavy (non-hydrogen) atoms. The molecule has 0 saturated heterocycles. The van der Waals surface area contributed by atoms with E-state index in [2.05, 4.69) is 43.7 Å². The quantitative estimate of drug-likeness (QED) is 0.880. The molecule has 2 rings (SSSR count). The van der Waals surface area contributed by atoms with Gasteiger partial charge in [0.25, 0.3) is 0 Å². The maximum atomic E-state index is 5.88. The summed E-state index contributed by atoms with van der Waals surface area (Å²) in [5.74, 6) is 2.36. The molecule has 0 aliphatic rings. The van der Waals surface area contributed by atoms with Crippen molar-refractivity contribution in [2.24, 2.45) is 24.6 Å². The largest absolute Gasteiger partial charge is 0.331 e. The summed E-state index contributed by atoms with van der Waals surface area (Å²) in [7, 11) is 2.09. The van der Waals surface area contributed by atoms with Crippen LogP contribution in [0.25, 0.3) is 11.0 Å². The number of rotatable bonds is 5. The smallest absolute Gasteiger partial charge is 0.109 e. The van der Waals surface area contributed by atoms with E-state index in [0.29, 0.717) is 11.8 Å². The number of fused-ring (bicyclic) bond motifs is 1. The normalized spacial score (nSPS) is 13.4. The molecule has 0 bridgehead atoms. The maximum Gasteiger partial charge on any atom is 0.109 e. The first kappa shape index (κ1) is 13.1. The molecule has 0 amide bonds. The minimum Gasteiger partial charge on any atom is -0.331 e. The molecule has 3 heteroatoms. The van der Waals surface area contributed by atoms with Gasteiger partial charge in [0.15, 0.2) is 0 Å². The molecule has 2 N–H and O–H groups in total. The van der Waals surface area contributed by atoms with Gasteiger partial charge in [-0.3, -0.25) is 0 Å². The van der Waals surface area contributed by atoms with Gasteiger partial charge in [-0.15, -0.1) is 0 Å². The summed E-state index contributed by atoms with van der Waals surface area (Å²) >= 11 is 0. The van der Waals surface area contributed by atoms with Crippen molar-refractivity contribution in [3.05, 3.63) is 30.1 Å². The number of benzene rings is 1. The molecule has 3 nitrogen and oxygen atoms in total. The Morgan fingerprint density at radius 1 is 1.28 bits per heavy atom. The number of hydrogen-bond acceptors (Lipinski definition) is 2. The Morgan fingerprint density at radius 2 is 2.00 bits per heavy atom. The van der Waals surface area contributed by atoms with Gasteiger partial charge in [-0.2, -0.15) is 0 Å². The van der Waals surface area contributed by atoms with Crippen molar-refractivity contribution in [3.63, 3.8) is 0 Å². The summed E-state index contributed by atoms with van der Waals surface area (Å²) in [6, 6.07) is 8.28. The van der Waals surface area contributed by atoms with Gasteiger partial charge in [-0.05, 0) is 36.9 Å². The zero-order valence-corrected chi connectivity index (χ0v) is 11.6. The van der Waals surface area contributed by atoms with Crippen molar-refractivity contribution in [3.8, 4) is 0 Å². The van der Waals surface area contributed by atoms with E-state index >= 15 is 0 Å². The van der Waals surface area contributed by atoms with Gasteiger partial charge in [-0.25, -0.2) is 4.98 Å². The van der Waals surface area contributed by atoms with Crippen LogP contribution in [-0.2, 0) is 13.5 Å². The zero-order valence-electron chi connectivity index (χ0n) is 11.6. The number of aryl methyl sites for hydroxylation is 1.